The van der Waals surface area contributed by atoms with Gasteiger partial charge in [-0.3, -0.25) is 24.4 Å². The molecule has 0 atom stereocenters. The first kappa shape index (κ1) is 22.4. The van der Waals surface area contributed by atoms with Crippen LogP contribution in [0, 0.1) is 10.1 Å². The molecule has 11 heteroatoms. The molecule has 2 aliphatic rings. The quantitative estimate of drug-likeness (QED) is 0.274. The van der Waals surface area contributed by atoms with E-state index in [1.54, 1.807) is 4.57 Å². The Labute approximate surface area is 189 Å². The molecule has 2 heterocycles. The average Bonchev–Trinajstić information content (AvgIpc) is 3.28. The SMILES string of the molecule is O=C(CSc1nc(=O)n(CCN2CCOCC2)c2c1CCC2)Nc1ccc([N+](=O)[O-])cc1. The monoisotopic (exact) mass is 459 g/mol. The highest BCUT2D eigenvalue weighted by Crippen LogP contribution is 2.29. The van der Waals surface area contributed by atoms with Gasteiger partial charge in [0.05, 0.1) is 23.9 Å². The van der Waals surface area contributed by atoms with Crippen molar-refractivity contribution in [1.82, 2.24) is 14.5 Å². The Morgan fingerprint density at radius 2 is 1.94 bits per heavy atom. The molecule has 0 saturated carbocycles. The minimum Gasteiger partial charge on any atom is -0.379 e. The molecule has 0 spiro atoms. The van der Waals surface area contributed by atoms with Crippen molar-refractivity contribution in [3.05, 3.63) is 56.1 Å². The summed E-state index contributed by atoms with van der Waals surface area (Å²) in [5.74, 6) is -0.151. The molecule has 1 fully saturated rings. The van der Waals surface area contributed by atoms with Crippen LogP contribution in [0.2, 0.25) is 0 Å². The second-order valence-electron chi connectivity index (χ2n) is 7.72. The molecule has 1 aromatic heterocycles. The maximum Gasteiger partial charge on any atom is 0.348 e. The number of thioether (sulfide) groups is 1. The van der Waals surface area contributed by atoms with E-state index in [9.17, 15) is 19.7 Å². The van der Waals surface area contributed by atoms with Gasteiger partial charge in [-0.1, -0.05) is 11.8 Å². The van der Waals surface area contributed by atoms with E-state index in [1.165, 1.54) is 36.0 Å². The number of nitrogens with one attached hydrogen (secondary N) is 1. The second-order valence-corrected chi connectivity index (χ2v) is 8.69. The maximum atomic E-state index is 12.7. The number of carbonyl (C=O) groups is 1. The number of fused-ring (bicyclic) bond motifs is 1. The van der Waals surface area contributed by atoms with Crippen molar-refractivity contribution in [3.8, 4) is 0 Å². The summed E-state index contributed by atoms with van der Waals surface area (Å²) in [6.45, 7) is 4.61. The molecule has 1 saturated heterocycles. The van der Waals surface area contributed by atoms with Gasteiger partial charge in [-0.15, -0.1) is 0 Å². The number of hydrogen-bond donors (Lipinski definition) is 1. The summed E-state index contributed by atoms with van der Waals surface area (Å²) < 4.78 is 7.17. The van der Waals surface area contributed by atoms with Gasteiger partial charge in [0.25, 0.3) is 5.69 Å². The fourth-order valence-corrected chi connectivity index (χ4v) is 4.88. The van der Waals surface area contributed by atoms with E-state index in [1.807, 2.05) is 0 Å². The Bertz CT molecular complexity index is 1050. The zero-order valence-electron chi connectivity index (χ0n) is 17.6. The summed E-state index contributed by atoms with van der Waals surface area (Å²) in [5.41, 5.74) is 2.29. The number of hydrogen-bond acceptors (Lipinski definition) is 8. The first-order chi connectivity index (χ1) is 15.5. The van der Waals surface area contributed by atoms with E-state index < -0.39 is 4.92 Å². The van der Waals surface area contributed by atoms with Crippen LogP contribution >= 0.6 is 11.8 Å². The maximum absolute atomic E-state index is 12.7. The molecular weight excluding hydrogens is 434 g/mol. The van der Waals surface area contributed by atoms with E-state index in [0.717, 1.165) is 63.4 Å². The van der Waals surface area contributed by atoms with Crippen LogP contribution in [0.15, 0.2) is 34.1 Å². The molecule has 4 rings (SSSR count). The number of ether oxygens (including phenoxy) is 1. The van der Waals surface area contributed by atoms with Gasteiger partial charge in [-0.2, -0.15) is 4.98 Å². The zero-order valence-corrected chi connectivity index (χ0v) is 18.4. The summed E-state index contributed by atoms with van der Waals surface area (Å²) >= 11 is 1.26. The van der Waals surface area contributed by atoms with Crippen molar-refractivity contribution < 1.29 is 14.5 Å². The lowest BCUT2D eigenvalue weighted by Crippen LogP contribution is -2.40. The first-order valence-corrected chi connectivity index (χ1v) is 11.6. The van der Waals surface area contributed by atoms with Crippen molar-refractivity contribution in [2.24, 2.45) is 0 Å². The summed E-state index contributed by atoms with van der Waals surface area (Å²) in [4.78, 5) is 41.9. The Morgan fingerprint density at radius 1 is 1.19 bits per heavy atom. The van der Waals surface area contributed by atoms with Gasteiger partial charge in [-0.25, -0.2) is 4.79 Å². The third-order valence-corrected chi connectivity index (χ3v) is 6.66. The van der Waals surface area contributed by atoms with Crippen molar-refractivity contribution in [3.63, 3.8) is 0 Å². The number of anilines is 1. The van der Waals surface area contributed by atoms with Crippen LogP contribution in [0.25, 0.3) is 0 Å². The van der Waals surface area contributed by atoms with Crippen molar-refractivity contribution in [2.45, 2.75) is 30.8 Å². The molecule has 0 unspecified atom stereocenters. The molecule has 1 N–H and O–H groups in total. The smallest absolute Gasteiger partial charge is 0.348 e. The third kappa shape index (κ3) is 5.34. The molecule has 1 amide bonds. The summed E-state index contributed by atoms with van der Waals surface area (Å²) in [5, 5.41) is 14.1. The largest absolute Gasteiger partial charge is 0.379 e. The summed E-state index contributed by atoms with van der Waals surface area (Å²) in [6.07, 6.45) is 2.67. The minimum atomic E-state index is -0.489. The number of nitrogens with zero attached hydrogens (tertiary/aromatic N) is 4. The third-order valence-electron chi connectivity index (χ3n) is 5.65. The van der Waals surface area contributed by atoms with E-state index in [4.69, 9.17) is 4.74 Å². The van der Waals surface area contributed by atoms with E-state index in [0.29, 0.717) is 17.3 Å². The van der Waals surface area contributed by atoms with Crippen LogP contribution in [0.1, 0.15) is 17.7 Å². The highest BCUT2D eigenvalue weighted by atomic mass is 32.2. The number of nitro benzene ring substituents is 1. The number of rotatable bonds is 8. The lowest BCUT2D eigenvalue weighted by molar-refractivity contribution is -0.384. The predicted octanol–water partition coefficient (Wildman–Crippen LogP) is 1.70. The molecule has 0 bridgehead atoms. The van der Waals surface area contributed by atoms with Gasteiger partial charge >= 0.3 is 5.69 Å². The summed E-state index contributed by atoms with van der Waals surface area (Å²) in [6, 6.07) is 5.67. The van der Waals surface area contributed by atoms with Crippen LogP contribution < -0.4 is 11.0 Å². The molecule has 10 nitrogen and oxygen atoms in total. The topological polar surface area (TPSA) is 120 Å². The van der Waals surface area contributed by atoms with Gasteiger partial charge in [0.1, 0.15) is 5.03 Å². The van der Waals surface area contributed by atoms with Gasteiger partial charge in [0.15, 0.2) is 0 Å². The standard InChI is InChI=1S/C21H25N5O5S/c27-19(22-15-4-6-16(7-5-15)26(29)30)14-32-20-17-2-1-3-18(17)25(21(28)23-20)9-8-24-10-12-31-13-11-24/h4-7H,1-3,8-14H2,(H,22,27). The lowest BCUT2D eigenvalue weighted by Gasteiger charge is -2.27. The predicted molar refractivity (Wildman–Crippen MR) is 120 cm³/mol. The van der Waals surface area contributed by atoms with Crippen LogP contribution in [-0.2, 0) is 28.9 Å². The molecule has 170 valence electrons. The number of amides is 1. The zero-order chi connectivity index (χ0) is 22.5. The van der Waals surface area contributed by atoms with Gasteiger partial charge in [0, 0.05) is 55.3 Å². The molecular formula is C21H25N5O5S. The Kier molecular flexibility index (Phi) is 7.18. The highest BCUT2D eigenvalue weighted by Gasteiger charge is 2.23. The average molecular weight is 460 g/mol. The molecule has 0 radical (unpaired) electrons. The van der Waals surface area contributed by atoms with Crippen LogP contribution in [0.3, 0.4) is 0 Å². The van der Waals surface area contributed by atoms with Crippen LogP contribution in [-0.4, -0.2) is 63.9 Å². The molecule has 32 heavy (non-hydrogen) atoms. The first-order valence-electron chi connectivity index (χ1n) is 10.6. The van der Waals surface area contributed by atoms with E-state index in [2.05, 4.69) is 15.2 Å². The molecule has 1 aromatic carbocycles. The van der Waals surface area contributed by atoms with Crippen molar-refractivity contribution in [2.75, 3.05) is 43.9 Å². The number of carbonyl (C=O) groups excluding carboxylic acids is 1. The van der Waals surface area contributed by atoms with Crippen LogP contribution in [0.4, 0.5) is 11.4 Å². The number of aromatic nitrogens is 2. The summed E-state index contributed by atoms with van der Waals surface area (Å²) in [7, 11) is 0. The minimum absolute atomic E-state index is 0.0358. The van der Waals surface area contributed by atoms with E-state index in [-0.39, 0.29) is 23.0 Å². The number of benzene rings is 1. The number of morpholine rings is 1. The second kappa shape index (κ2) is 10.2. The number of non-ortho nitro benzene ring substituents is 1. The van der Waals surface area contributed by atoms with Gasteiger partial charge in [-0.05, 0) is 31.4 Å². The fourth-order valence-electron chi connectivity index (χ4n) is 4.00. The Morgan fingerprint density at radius 3 is 2.66 bits per heavy atom. The lowest BCUT2D eigenvalue weighted by atomic mass is 10.2. The molecule has 1 aliphatic carbocycles. The van der Waals surface area contributed by atoms with Gasteiger partial charge < -0.3 is 10.1 Å². The van der Waals surface area contributed by atoms with Crippen molar-refractivity contribution in [1.29, 1.82) is 0 Å². The fraction of sp³-hybridized carbons (Fsp3) is 0.476. The van der Waals surface area contributed by atoms with Gasteiger partial charge in [0.2, 0.25) is 5.91 Å². The van der Waals surface area contributed by atoms with Crippen LogP contribution in [0.5, 0.6) is 0 Å². The van der Waals surface area contributed by atoms with E-state index >= 15 is 0 Å². The normalized spacial score (nSPS) is 16.0. The highest BCUT2D eigenvalue weighted by molar-refractivity contribution is 8.00. The Balaban J connectivity index is 1.39. The number of nitro groups is 1. The Hall–Kier alpha value is -2.76. The van der Waals surface area contributed by atoms with Crippen molar-refractivity contribution >= 4 is 29.0 Å². The molecule has 2 aromatic rings. The molecule has 1 aliphatic heterocycles.